The summed E-state index contributed by atoms with van der Waals surface area (Å²) in [7, 11) is 0. The van der Waals surface area contributed by atoms with Crippen molar-refractivity contribution < 1.29 is 22.7 Å². The number of para-hydroxylation sites is 1. The standard InChI is InChI=1S/C20H15F3N2O3/c1-11-10-17(26)19(24-25(11)16-9-4-3-6-13(16)21)20(27)28-12(2)18-14(22)7-5-8-15(18)23/h3-10,12H,1-2H3. The Morgan fingerprint density at radius 1 is 1.04 bits per heavy atom. The lowest BCUT2D eigenvalue weighted by molar-refractivity contribution is 0.0313. The molecule has 8 heteroatoms. The van der Waals surface area contributed by atoms with Gasteiger partial charge >= 0.3 is 5.97 Å². The molecule has 0 bridgehead atoms. The van der Waals surface area contributed by atoms with E-state index in [2.05, 4.69) is 5.10 Å². The van der Waals surface area contributed by atoms with Gasteiger partial charge < -0.3 is 4.74 Å². The predicted octanol–water partition coefficient (Wildman–Crippen LogP) is 3.88. The average molecular weight is 388 g/mol. The molecule has 1 atom stereocenters. The van der Waals surface area contributed by atoms with E-state index in [1.165, 1.54) is 38.1 Å². The maximum absolute atomic E-state index is 14.1. The lowest BCUT2D eigenvalue weighted by atomic mass is 10.1. The normalized spacial score (nSPS) is 11.9. The molecule has 0 amide bonds. The number of carbonyl (C=O) groups is 1. The smallest absolute Gasteiger partial charge is 0.363 e. The van der Waals surface area contributed by atoms with Crippen LogP contribution in [0.25, 0.3) is 5.69 Å². The molecule has 1 unspecified atom stereocenters. The van der Waals surface area contributed by atoms with Crippen LogP contribution in [0.3, 0.4) is 0 Å². The summed E-state index contributed by atoms with van der Waals surface area (Å²) in [6, 6.07) is 10.0. The van der Waals surface area contributed by atoms with E-state index in [9.17, 15) is 22.8 Å². The van der Waals surface area contributed by atoms with Gasteiger partial charge in [-0.3, -0.25) is 4.79 Å². The van der Waals surface area contributed by atoms with Crippen molar-refractivity contribution in [2.75, 3.05) is 0 Å². The van der Waals surface area contributed by atoms with Gasteiger partial charge in [0.05, 0.1) is 5.56 Å². The number of rotatable bonds is 4. The van der Waals surface area contributed by atoms with Crippen molar-refractivity contribution in [2.24, 2.45) is 0 Å². The Hall–Kier alpha value is -3.42. The first kappa shape index (κ1) is 19.3. The molecule has 3 aromatic rings. The Morgan fingerprint density at radius 3 is 2.29 bits per heavy atom. The van der Waals surface area contributed by atoms with E-state index >= 15 is 0 Å². The Kier molecular flexibility index (Phi) is 5.30. The molecule has 0 saturated heterocycles. The quantitative estimate of drug-likeness (QED) is 0.637. The summed E-state index contributed by atoms with van der Waals surface area (Å²) in [4.78, 5) is 24.6. The van der Waals surface area contributed by atoms with Crippen LogP contribution in [0.2, 0.25) is 0 Å². The molecule has 28 heavy (non-hydrogen) atoms. The maximum atomic E-state index is 14.1. The number of hydrogen-bond acceptors (Lipinski definition) is 4. The number of aromatic nitrogens is 2. The Balaban J connectivity index is 1.97. The molecule has 1 aromatic heterocycles. The lowest BCUT2D eigenvalue weighted by Crippen LogP contribution is -2.25. The molecule has 144 valence electrons. The van der Waals surface area contributed by atoms with E-state index in [1.54, 1.807) is 6.07 Å². The molecule has 0 spiro atoms. The average Bonchev–Trinajstić information content (AvgIpc) is 2.62. The first-order valence-electron chi connectivity index (χ1n) is 8.30. The zero-order valence-corrected chi connectivity index (χ0v) is 14.9. The molecular weight excluding hydrogens is 373 g/mol. The van der Waals surface area contributed by atoms with Gasteiger partial charge in [0.1, 0.15) is 29.2 Å². The highest BCUT2D eigenvalue weighted by molar-refractivity contribution is 5.87. The SMILES string of the molecule is Cc1cc(=O)c(C(=O)OC(C)c2c(F)cccc2F)nn1-c1ccccc1F. The van der Waals surface area contributed by atoms with Gasteiger partial charge in [-0.2, -0.15) is 5.10 Å². The van der Waals surface area contributed by atoms with Gasteiger partial charge in [-0.05, 0) is 38.1 Å². The van der Waals surface area contributed by atoms with Gasteiger partial charge in [-0.15, -0.1) is 0 Å². The molecule has 3 rings (SSSR count). The summed E-state index contributed by atoms with van der Waals surface area (Å²) >= 11 is 0. The number of benzene rings is 2. The highest BCUT2D eigenvalue weighted by atomic mass is 19.1. The van der Waals surface area contributed by atoms with Crippen LogP contribution >= 0.6 is 0 Å². The van der Waals surface area contributed by atoms with E-state index in [0.29, 0.717) is 5.69 Å². The Labute approximate surface area is 158 Å². The molecule has 0 saturated carbocycles. The van der Waals surface area contributed by atoms with E-state index in [4.69, 9.17) is 4.74 Å². The van der Waals surface area contributed by atoms with Gasteiger partial charge in [0, 0.05) is 11.8 Å². The largest absolute Gasteiger partial charge is 0.453 e. The minimum absolute atomic E-state index is 0.0299. The number of halogens is 3. The Bertz CT molecular complexity index is 1090. The topological polar surface area (TPSA) is 61.2 Å². The van der Waals surface area contributed by atoms with Crippen LogP contribution in [0.5, 0.6) is 0 Å². The van der Waals surface area contributed by atoms with Crippen molar-refractivity contribution in [3.63, 3.8) is 0 Å². The van der Waals surface area contributed by atoms with Crippen molar-refractivity contribution in [1.29, 1.82) is 0 Å². The number of carbonyl (C=O) groups excluding carboxylic acids is 1. The van der Waals surface area contributed by atoms with Crippen LogP contribution in [-0.2, 0) is 4.74 Å². The fourth-order valence-corrected chi connectivity index (χ4v) is 2.73. The third-order valence-corrected chi connectivity index (χ3v) is 4.07. The highest BCUT2D eigenvalue weighted by Gasteiger charge is 2.24. The van der Waals surface area contributed by atoms with Crippen LogP contribution in [-0.4, -0.2) is 15.7 Å². The molecule has 2 aromatic carbocycles. The zero-order chi connectivity index (χ0) is 20.4. The summed E-state index contributed by atoms with van der Waals surface area (Å²) in [5.74, 6) is -3.56. The lowest BCUT2D eigenvalue weighted by Gasteiger charge is -2.16. The summed E-state index contributed by atoms with van der Waals surface area (Å²) in [5.41, 5.74) is -1.51. The van der Waals surface area contributed by atoms with Crippen molar-refractivity contribution in [3.8, 4) is 5.69 Å². The van der Waals surface area contributed by atoms with E-state index in [0.717, 1.165) is 22.9 Å². The zero-order valence-electron chi connectivity index (χ0n) is 14.9. The minimum Gasteiger partial charge on any atom is -0.453 e. The molecule has 1 heterocycles. The summed E-state index contributed by atoms with van der Waals surface area (Å²) in [5, 5.41) is 3.90. The molecule has 0 aliphatic carbocycles. The van der Waals surface area contributed by atoms with Crippen molar-refractivity contribution >= 4 is 5.97 Å². The first-order valence-corrected chi connectivity index (χ1v) is 8.30. The molecule has 0 aliphatic heterocycles. The highest BCUT2D eigenvalue weighted by Crippen LogP contribution is 2.24. The molecule has 0 N–H and O–H groups in total. The van der Waals surface area contributed by atoms with Crippen molar-refractivity contribution in [2.45, 2.75) is 20.0 Å². The minimum atomic E-state index is -1.31. The van der Waals surface area contributed by atoms with Crippen LogP contribution in [0.4, 0.5) is 13.2 Å². The van der Waals surface area contributed by atoms with Gasteiger partial charge in [0.15, 0.2) is 0 Å². The number of esters is 1. The van der Waals surface area contributed by atoms with Crippen LogP contribution < -0.4 is 5.43 Å². The van der Waals surface area contributed by atoms with Crippen molar-refractivity contribution in [3.05, 3.63) is 93.2 Å². The number of nitrogens with zero attached hydrogens (tertiary/aromatic N) is 2. The van der Waals surface area contributed by atoms with E-state index in [-0.39, 0.29) is 5.69 Å². The monoisotopic (exact) mass is 388 g/mol. The van der Waals surface area contributed by atoms with Crippen LogP contribution in [0, 0.1) is 24.4 Å². The second kappa shape index (κ2) is 7.67. The van der Waals surface area contributed by atoms with Gasteiger partial charge in [0.2, 0.25) is 11.1 Å². The maximum Gasteiger partial charge on any atom is 0.363 e. The van der Waals surface area contributed by atoms with Crippen molar-refractivity contribution in [1.82, 2.24) is 9.78 Å². The predicted molar refractivity (Wildman–Crippen MR) is 94.7 cm³/mol. The molecule has 0 fully saturated rings. The van der Waals surface area contributed by atoms with E-state index < -0.39 is 46.2 Å². The second-order valence-electron chi connectivity index (χ2n) is 6.04. The first-order chi connectivity index (χ1) is 13.3. The second-order valence-corrected chi connectivity index (χ2v) is 6.04. The summed E-state index contributed by atoms with van der Waals surface area (Å²) < 4.78 is 47.9. The summed E-state index contributed by atoms with van der Waals surface area (Å²) in [6.45, 7) is 2.79. The fraction of sp³-hybridized carbons (Fsp3) is 0.150. The Morgan fingerprint density at radius 2 is 1.64 bits per heavy atom. The molecule has 0 radical (unpaired) electrons. The molecule has 0 aliphatic rings. The molecule has 5 nitrogen and oxygen atoms in total. The van der Waals surface area contributed by atoms with Gasteiger partial charge in [0.25, 0.3) is 0 Å². The van der Waals surface area contributed by atoms with E-state index in [1.807, 2.05) is 0 Å². The number of ether oxygens (including phenoxy) is 1. The number of aryl methyl sites for hydroxylation is 1. The third kappa shape index (κ3) is 3.66. The molecular formula is C20H15F3N2O3. The van der Waals surface area contributed by atoms with Crippen LogP contribution in [0.15, 0.2) is 53.3 Å². The number of hydrogen-bond donors (Lipinski definition) is 0. The third-order valence-electron chi connectivity index (χ3n) is 4.07. The summed E-state index contributed by atoms with van der Waals surface area (Å²) in [6.07, 6.45) is -1.31. The van der Waals surface area contributed by atoms with Gasteiger partial charge in [-0.25, -0.2) is 22.6 Å². The van der Waals surface area contributed by atoms with Gasteiger partial charge in [-0.1, -0.05) is 18.2 Å². The fourth-order valence-electron chi connectivity index (χ4n) is 2.73. The van der Waals surface area contributed by atoms with Crippen LogP contribution in [0.1, 0.15) is 34.8 Å².